The van der Waals surface area contributed by atoms with Crippen molar-refractivity contribution in [2.45, 2.75) is 54.4 Å². The molecule has 5 heteroatoms. The van der Waals surface area contributed by atoms with E-state index >= 15 is 0 Å². The molecule has 0 heterocycles. The van der Waals surface area contributed by atoms with Gasteiger partial charge in [-0.15, -0.1) is 0 Å². The van der Waals surface area contributed by atoms with Gasteiger partial charge >= 0.3 is 129 Å². The zero-order valence-corrected chi connectivity index (χ0v) is 15.6. The SMILES string of the molecule is CCCCCCCC[CH2][Ca][c]1ccccc1.OP(O)O. The fourth-order valence-electron chi connectivity index (χ4n) is 2.11. The third kappa shape index (κ3) is 16.8. The van der Waals surface area contributed by atoms with Crippen LogP contribution >= 0.6 is 8.60 Å². The van der Waals surface area contributed by atoms with Crippen molar-refractivity contribution in [1.29, 1.82) is 0 Å². The molecule has 0 fully saturated rings. The monoisotopic (exact) mass is 326 g/mol. The Bertz CT molecular complexity index is 294. The van der Waals surface area contributed by atoms with E-state index in [1.807, 2.05) is 0 Å². The Morgan fingerprint density at radius 3 is 1.90 bits per heavy atom. The molecule has 112 valence electrons. The minimum Gasteiger partial charge on any atom is -0.328 e. The van der Waals surface area contributed by atoms with Crippen LogP contribution in [0.15, 0.2) is 30.3 Å². The largest absolute Gasteiger partial charge is 0.328 e. The quantitative estimate of drug-likeness (QED) is 0.370. The van der Waals surface area contributed by atoms with Crippen molar-refractivity contribution in [1.82, 2.24) is 0 Å². The number of benzene rings is 1. The van der Waals surface area contributed by atoms with Gasteiger partial charge in [0.25, 0.3) is 0 Å². The fourth-order valence-corrected chi connectivity index (χ4v) is 4.63. The fraction of sp³-hybridized carbons (Fsp3) is 0.600. The van der Waals surface area contributed by atoms with Crippen molar-refractivity contribution in [3.63, 3.8) is 0 Å². The molecule has 1 aromatic carbocycles. The third-order valence-corrected chi connectivity index (χ3v) is 6.13. The second-order valence-corrected chi connectivity index (χ2v) is 8.68. The van der Waals surface area contributed by atoms with Gasteiger partial charge < -0.3 is 14.7 Å². The summed E-state index contributed by atoms with van der Waals surface area (Å²) in [4.78, 5) is 21.7. The molecule has 0 aliphatic rings. The van der Waals surface area contributed by atoms with Gasteiger partial charge in [-0.3, -0.25) is 0 Å². The minimum absolute atomic E-state index is 0.381. The summed E-state index contributed by atoms with van der Waals surface area (Å²) in [6.45, 7) is 2.29. The summed E-state index contributed by atoms with van der Waals surface area (Å²) in [7, 11) is -2.62. The van der Waals surface area contributed by atoms with Gasteiger partial charge in [0.15, 0.2) is 0 Å². The molecule has 3 nitrogen and oxygen atoms in total. The van der Waals surface area contributed by atoms with Gasteiger partial charge in [0, 0.05) is 0 Å². The standard InChI is InChI=1S/C9H19.C6H5.Ca.H3O3P/c1-3-5-7-9-8-6-4-2;1-2-4-6-5-3-1;;1-4(2)3/h1,3-9H2,2H3;1-5H;;1-3H. The summed E-state index contributed by atoms with van der Waals surface area (Å²) in [6, 6.07) is 11.1. The average molecular weight is 326 g/mol. The van der Waals surface area contributed by atoms with E-state index in [0.29, 0.717) is 0 Å². The van der Waals surface area contributed by atoms with Crippen molar-refractivity contribution < 1.29 is 14.7 Å². The molecule has 0 amide bonds. The molecular formula is C15H27CaO3P. The van der Waals surface area contributed by atoms with Gasteiger partial charge in [0.1, 0.15) is 0 Å². The maximum Gasteiger partial charge on any atom is 0.324 e. The summed E-state index contributed by atoms with van der Waals surface area (Å²) < 4.78 is 3.23. The van der Waals surface area contributed by atoms with Crippen molar-refractivity contribution in [3.8, 4) is 0 Å². The zero-order chi connectivity index (χ0) is 15.1. The van der Waals surface area contributed by atoms with Gasteiger partial charge in [-0.2, -0.15) is 0 Å². The first-order chi connectivity index (χ1) is 9.66. The Labute approximate surface area is 142 Å². The van der Waals surface area contributed by atoms with Crippen LogP contribution in [0.5, 0.6) is 0 Å². The van der Waals surface area contributed by atoms with E-state index in [1.165, 1.54) is 44.9 Å². The maximum absolute atomic E-state index is 7.23. The summed E-state index contributed by atoms with van der Waals surface area (Å²) >= 11 is -0.381. The Kier molecular flexibility index (Phi) is 16.8. The first kappa shape index (κ1) is 20.8. The van der Waals surface area contributed by atoms with Crippen molar-refractivity contribution in [3.05, 3.63) is 30.3 Å². The van der Waals surface area contributed by atoms with E-state index in [1.54, 1.807) is 4.18 Å². The van der Waals surface area contributed by atoms with Crippen LogP contribution in [0, 0.1) is 0 Å². The molecule has 0 unspecified atom stereocenters. The van der Waals surface area contributed by atoms with Gasteiger partial charge in [0.2, 0.25) is 0 Å². The number of rotatable bonds is 9. The van der Waals surface area contributed by atoms with Crippen LogP contribution in [0.25, 0.3) is 0 Å². The van der Waals surface area contributed by atoms with Crippen LogP contribution in [-0.2, 0) is 0 Å². The summed E-state index contributed by atoms with van der Waals surface area (Å²) in [6.07, 6.45) is 10.1. The van der Waals surface area contributed by atoms with E-state index < -0.39 is 8.60 Å². The molecule has 0 aliphatic heterocycles. The van der Waals surface area contributed by atoms with Crippen LogP contribution in [0.3, 0.4) is 0 Å². The molecule has 1 rings (SSSR count). The molecule has 0 saturated carbocycles. The second-order valence-electron chi connectivity index (χ2n) is 4.98. The molecule has 0 aromatic heterocycles. The smallest absolute Gasteiger partial charge is 0.324 e. The normalized spacial score (nSPS) is 9.85. The second kappa shape index (κ2) is 16.2. The Morgan fingerprint density at radius 1 is 0.850 bits per heavy atom. The van der Waals surface area contributed by atoms with Crippen LogP contribution < -0.4 is 1.66 Å². The minimum atomic E-state index is -2.62. The van der Waals surface area contributed by atoms with E-state index in [9.17, 15) is 0 Å². The number of hydrogen-bond acceptors (Lipinski definition) is 3. The molecule has 1 aromatic rings. The van der Waals surface area contributed by atoms with Crippen LogP contribution in [0.2, 0.25) is 2.52 Å². The molecule has 0 saturated heterocycles. The number of unbranched alkanes of at least 4 members (excludes halogenated alkanes) is 6. The first-order valence-corrected chi connectivity index (χ1v) is 11.4. The van der Waals surface area contributed by atoms with Crippen LogP contribution in [0.4, 0.5) is 0 Å². The van der Waals surface area contributed by atoms with E-state index in [4.69, 9.17) is 14.7 Å². The molecule has 20 heavy (non-hydrogen) atoms. The van der Waals surface area contributed by atoms with Gasteiger partial charge in [-0.25, -0.2) is 0 Å². The molecular weight excluding hydrogens is 299 g/mol. The van der Waals surface area contributed by atoms with E-state index in [0.717, 1.165) is 0 Å². The van der Waals surface area contributed by atoms with Gasteiger partial charge in [-0.1, -0.05) is 0 Å². The summed E-state index contributed by atoms with van der Waals surface area (Å²) in [5.41, 5.74) is 0. The molecule has 0 bridgehead atoms. The van der Waals surface area contributed by atoms with Gasteiger partial charge in [-0.05, 0) is 0 Å². The average Bonchev–Trinajstić information content (AvgIpc) is 2.42. The predicted octanol–water partition coefficient (Wildman–Crippen LogP) is 3.38. The summed E-state index contributed by atoms with van der Waals surface area (Å²) in [5, 5.41) is 0. The molecule has 0 atom stereocenters. The molecule has 3 N–H and O–H groups in total. The van der Waals surface area contributed by atoms with Crippen molar-refractivity contribution in [2.75, 3.05) is 0 Å². The van der Waals surface area contributed by atoms with E-state index in [2.05, 4.69) is 37.3 Å². The van der Waals surface area contributed by atoms with Crippen LogP contribution in [0.1, 0.15) is 51.9 Å². The predicted molar refractivity (Wildman–Crippen MR) is 88.2 cm³/mol. The van der Waals surface area contributed by atoms with Gasteiger partial charge in [0.05, 0.1) is 0 Å². The Hall–Kier alpha value is 0.790. The topological polar surface area (TPSA) is 60.7 Å². The third-order valence-electron chi connectivity index (χ3n) is 3.16. The van der Waals surface area contributed by atoms with Crippen LogP contribution in [-0.4, -0.2) is 48.5 Å². The molecule has 0 spiro atoms. The maximum atomic E-state index is 7.23. The Balaban J connectivity index is 0.000000796. The number of hydrogen-bond donors (Lipinski definition) is 3. The molecule has 0 aliphatic carbocycles. The summed E-state index contributed by atoms with van der Waals surface area (Å²) in [5.74, 6) is 0. The zero-order valence-electron chi connectivity index (χ0n) is 12.5. The Morgan fingerprint density at radius 2 is 1.35 bits per heavy atom. The van der Waals surface area contributed by atoms with Crippen molar-refractivity contribution >= 4 is 44.1 Å². The van der Waals surface area contributed by atoms with E-state index in [-0.39, 0.29) is 33.8 Å². The van der Waals surface area contributed by atoms with Crippen molar-refractivity contribution in [2.24, 2.45) is 0 Å². The first-order valence-electron chi connectivity index (χ1n) is 7.57. The molecule has 0 radical (unpaired) electrons.